The fourth-order valence-electron chi connectivity index (χ4n) is 1.12. The van der Waals surface area contributed by atoms with Crippen molar-refractivity contribution in [2.45, 2.75) is 19.4 Å². The topological polar surface area (TPSA) is 98.3 Å². The molecule has 0 radical (unpaired) electrons. The quantitative estimate of drug-likeness (QED) is 0.636. The SMILES string of the molecule is CC(C)(Nc1ccc([N+](=O)[O-])cc1Cl)C(N)=O. The Kier molecular flexibility index (Phi) is 3.57. The number of rotatable bonds is 4. The molecule has 3 N–H and O–H groups in total. The van der Waals surface area contributed by atoms with Gasteiger partial charge in [0.05, 0.1) is 15.6 Å². The summed E-state index contributed by atoms with van der Waals surface area (Å²) in [5, 5.41) is 13.5. The number of nitro groups is 1. The van der Waals surface area contributed by atoms with Gasteiger partial charge >= 0.3 is 0 Å². The first-order valence-electron chi connectivity index (χ1n) is 4.76. The third-order valence-corrected chi connectivity index (χ3v) is 2.54. The molecule has 0 aliphatic heterocycles. The van der Waals surface area contributed by atoms with Crippen molar-refractivity contribution in [1.29, 1.82) is 0 Å². The van der Waals surface area contributed by atoms with E-state index in [1.807, 2.05) is 0 Å². The molecule has 92 valence electrons. The molecule has 0 atom stereocenters. The van der Waals surface area contributed by atoms with E-state index >= 15 is 0 Å². The van der Waals surface area contributed by atoms with Crippen LogP contribution < -0.4 is 11.1 Å². The van der Waals surface area contributed by atoms with E-state index in [2.05, 4.69) is 5.32 Å². The zero-order chi connectivity index (χ0) is 13.2. The van der Waals surface area contributed by atoms with Gasteiger partial charge in [-0.1, -0.05) is 11.6 Å². The second kappa shape index (κ2) is 4.58. The van der Waals surface area contributed by atoms with Crippen molar-refractivity contribution in [3.8, 4) is 0 Å². The van der Waals surface area contributed by atoms with Crippen LogP contribution in [0.3, 0.4) is 0 Å². The Bertz CT molecular complexity index is 474. The first-order valence-corrected chi connectivity index (χ1v) is 5.14. The summed E-state index contributed by atoms with van der Waals surface area (Å²) in [6.45, 7) is 3.18. The van der Waals surface area contributed by atoms with Crippen LogP contribution in [0, 0.1) is 10.1 Å². The maximum absolute atomic E-state index is 11.1. The zero-order valence-electron chi connectivity index (χ0n) is 9.36. The number of hydrogen-bond acceptors (Lipinski definition) is 4. The van der Waals surface area contributed by atoms with Crippen molar-refractivity contribution in [1.82, 2.24) is 0 Å². The standard InChI is InChI=1S/C10H12ClN3O3/c1-10(2,9(12)15)13-8-4-3-6(14(16)17)5-7(8)11/h3-5,13H,1-2H3,(H2,12,15). The molecule has 0 fully saturated rings. The Morgan fingerprint density at radius 3 is 2.53 bits per heavy atom. The van der Waals surface area contributed by atoms with E-state index in [1.165, 1.54) is 18.2 Å². The van der Waals surface area contributed by atoms with E-state index in [1.54, 1.807) is 13.8 Å². The summed E-state index contributed by atoms with van der Waals surface area (Å²) < 4.78 is 0. The maximum Gasteiger partial charge on any atom is 0.271 e. The molecule has 0 spiro atoms. The summed E-state index contributed by atoms with van der Waals surface area (Å²) in [5.74, 6) is -0.549. The molecule has 6 nitrogen and oxygen atoms in total. The monoisotopic (exact) mass is 257 g/mol. The molecule has 0 aliphatic carbocycles. The van der Waals surface area contributed by atoms with Gasteiger partial charge in [-0.3, -0.25) is 14.9 Å². The molecule has 0 unspecified atom stereocenters. The third kappa shape index (κ3) is 3.07. The van der Waals surface area contributed by atoms with Crippen molar-refractivity contribution in [2.24, 2.45) is 5.73 Å². The Hall–Kier alpha value is -1.82. The lowest BCUT2D eigenvalue weighted by atomic mass is 10.0. The number of carbonyl (C=O) groups excluding carboxylic acids is 1. The minimum absolute atomic E-state index is 0.113. The number of nitrogens with zero attached hydrogens (tertiary/aromatic N) is 1. The highest BCUT2D eigenvalue weighted by Gasteiger charge is 2.25. The van der Waals surface area contributed by atoms with Gasteiger partial charge in [-0.25, -0.2) is 0 Å². The Morgan fingerprint density at radius 1 is 1.53 bits per heavy atom. The van der Waals surface area contributed by atoms with Gasteiger partial charge in [-0.2, -0.15) is 0 Å². The lowest BCUT2D eigenvalue weighted by molar-refractivity contribution is -0.384. The predicted molar refractivity (Wildman–Crippen MR) is 65.0 cm³/mol. The predicted octanol–water partition coefficient (Wildman–Crippen LogP) is 1.92. The number of non-ortho nitro benzene ring substituents is 1. The van der Waals surface area contributed by atoms with Crippen molar-refractivity contribution < 1.29 is 9.72 Å². The molecule has 0 saturated carbocycles. The number of amides is 1. The van der Waals surface area contributed by atoms with Crippen LogP contribution in [0.2, 0.25) is 5.02 Å². The van der Waals surface area contributed by atoms with E-state index in [0.29, 0.717) is 5.69 Å². The third-order valence-electron chi connectivity index (χ3n) is 2.23. The highest BCUT2D eigenvalue weighted by atomic mass is 35.5. The number of anilines is 1. The summed E-state index contributed by atoms with van der Waals surface area (Å²) in [6, 6.07) is 3.94. The highest BCUT2D eigenvalue weighted by Crippen LogP contribution is 2.28. The number of halogens is 1. The second-order valence-electron chi connectivity index (χ2n) is 4.04. The molecular weight excluding hydrogens is 246 g/mol. The van der Waals surface area contributed by atoms with Gasteiger partial charge < -0.3 is 11.1 Å². The Morgan fingerprint density at radius 2 is 2.12 bits per heavy atom. The minimum atomic E-state index is -0.986. The second-order valence-corrected chi connectivity index (χ2v) is 4.44. The number of hydrogen-bond donors (Lipinski definition) is 2. The molecule has 1 amide bonds. The average molecular weight is 258 g/mol. The molecule has 0 aliphatic rings. The summed E-state index contributed by atoms with van der Waals surface area (Å²) in [4.78, 5) is 21.1. The van der Waals surface area contributed by atoms with E-state index in [-0.39, 0.29) is 10.7 Å². The van der Waals surface area contributed by atoms with Gasteiger partial charge in [0.2, 0.25) is 5.91 Å². The number of nitrogens with one attached hydrogen (secondary N) is 1. The van der Waals surface area contributed by atoms with Crippen molar-refractivity contribution in [3.63, 3.8) is 0 Å². The molecular formula is C10H12ClN3O3. The summed E-state index contributed by atoms with van der Waals surface area (Å²) in [6.07, 6.45) is 0. The van der Waals surface area contributed by atoms with Gasteiger partial charge in [0, 0.05) is 12.1 Å². The Labute approximate surface area is 103 Å². The van der Waals surface area contributed by atoms with Crippen molar-refractivity contribution in [3.05, 3.63) is 33.3 Å². The molecule has 1 rings (SSSR count). The molecule has 0 aromatic heterocycles. The fourth-order valence-corrected chi connectivity index (χ4v) is 1.34. The number of benzene rings is 1. The van der Waals surface area contributed by atoms with E-state index < -0.39 is 16.4 Å². The fraction of sp³-hybridized carbons (Fsp3) is 0.300. The van der Waals surface area contributed by atoms with Gasteiger partial charge in [-0.15, -0.1) is 0 Å². The van der Waals surface area contributed by atoms with Crippen LogP contribution in [0.1, 0.15) is 13.8 Å². The lowest BCUT2D eigenvalue weighted by Gasteiger charge is -2.24. The Balaban J connectivity index is 3.02. The van der Waals surface area contributed by atoms with E-state index in [0.717, 1.165) is 0 Å². The lowest BCUT2D eigenvalue weighted by Crippen LogP contribution is -2.45. The highest BCUT2D eigenvalue weighted by molar-refractivity contribution is 6.33. The number of nitro benzene ring substituents is 1. The summed E-state index contributed by atoms with van der Waals surface area (Å²) in [7, 11) is 0. The van der Waals surface area contributed by atoms with Crippen LogP contribution in [0.15, 0.2) is 18.2 Å². The zero-order valence-corrected chi connectivity index (χ0v) is 10.1. The largest absolute Gasteiger partial charge is 0.370 e. The first kappa shape index (κ1) is 13.2. The van der Waals surface area contributed by atoms with Gasteiger partial charge in [0.25, 0.3) is 5.69 Å². The van der Waals surface area contributed by atoms with Crippen molar-refractivity contribution >= 4 is 28.9 Å². The van der Waals surface area contributed by atoms with Crippen molar-refractivity contribution in [2.75, 3.05) is 5.32 Å². The van der Waals surface area contributed by atoms with E-state index in [4.69, 9.17) is 17.3 Å². The van der Waals surface area contributed by atoms with Crippen LogP contribution in [0.4, 0.5) is 11.4 Å². The molecule has 1 aromatic rings. The van der Waals surface area contributed by atoms with E-state index in [9.17, 15) is 14.9 Å². The summed E-state index contributed by atoms with van der Waals surface area (Å²) >= 11 is 5.87. The average Bonchev–Trinajstić information content (AvgIpc) is 2.20. The van der Waals surface area contributed by atoms with Crippen LogP contribution in [-0.2, 0) is 4.79 Å². The van der Waals surface area contributed by atoms with Gasteiger partial charge in [0.15, 0.2) is 0 Å². The maximum atomic E-state index is 11.1. The van der Waals surface area contributed by atoms with Crippen LogP contribution in [0.25, 0.3) is 0 Å². The smallest absolute Gasteiger partial charge is 0.271 e. The number of carbonyl (C=O) groups is 1. The normalized spacial score (nSPS) is 11.0. The minimum Gasteiger partial charge on any atom is -0.370 e. The van der Waals surface area contributed by atoms with Crippen LogP contribution >= 0.6 is 11.6 Å². The molecule has 0 bridgehead atoms. The molecule has 7 heteroatoms. The van der Waals surface area contributed by atoms with Gasteiger partial charge in [0.1, 0.15) is 5.54 Å². The molecule has 0 heterocycles. The first-order chi connectivity index (χ1) is 7.74. The molecule has 1 aromatic carbocycles. The number of primary amides is 1. The molecule has 17 heavy (non-hydrogen) atoms. The number of nitrogens with two attached hydrogens (primary N) is 1. The summed E-state index contributed by atoms with van der Waals surface area (Å²) in [5.41, 5.74) is 4.51. The molecule has 0 saturated heterocycles. The van der Waals surface area contributed by atoms with Crippen LogP contribution in [-0.4, -0.2) is 16.4 Å². The van der Waals surface area contributed by atoms with Gasteiger partial charge in [-0.05, 0) is 19.9 Å². The van der Waals surface area contributed by atoms with Crippen LogP contribution in [0.5, 0.6) is 0 Å².